The predicted molar refractivity (Wildman–Crippen MR) is 87.5 cm³/mol. The molecule has 0 saturated carbocycles. The molecule has 0 radical (unpaired) electrons. The third kappa shape index (κ3) is 3.33. The second-order valence-electron chi connectivity index (χ2n) is 6.57. The third-order valence-electron chi connectivity index (χ3n) is 4.46. The summed E-state index contributed by atoms with van der Waals surface area (Å²) < 4.78 is 0. The van der Waals surface area contributed by atoms with Gasteiger partial charge in [-0.2, -0.15) is 0 Å². The number of hydrogen-bond acceptors (Lipinski definition) is 3. The van der Waals surface area contributed by atoms with E-state index in [2.05, 4.69) is 68.1 Å². The smallest absolute Gasteiger partial charge is 0.0413 e. The standard InChI is InChI=1S/C17H29N3/c1-6-18-12-15-11-14(2)7-8-16(15)20-10-9-19(5)17(3,4)13-20/h7-8,11,18H,6,9-10,12-13H2,1-5H3. The molecule has 3 nitrogen and oxygen atoms in total. The molecular formula is C17H29N3. The van der Waals surface area contributed by atoms with E-state index in [1.54, 1.807) is 0 Å². The van der Waals surface area contributed by atoms with Crippen LogP contribution in [0.3, 0.4) is 0 Å². The monoisotopic (exact) mass is 275 g/mol. The van der Waals surface area contributed by atoms with Crippen molar-refractivity contribution in [3.8, 4) is 0 Å². The number of likely N-dealkylation sites (N-methyl/N-ethyl adjacent to an activating group) is 1. The summed E-state index contributed by atoms with van der Waals surface area (Å²) in [5, 5.41) is 3.46. The minimum atomic E-state index is 0.235. The van der Waals surface area contributed by atoms with E-state index in [-0.39, 0.29) is 5.54 Å². The van der Waals surface area contributed by atoms with Crippen molar-refractivity contribution >= 4 is 5.69 Å². The molecule has 1 aliphatic rings. The van der Waals surface area contributed by atoms with Crippen LogP contribution in [0.25, 0.3) is 0 Å². The van der Waals surface area contributed by atoms with E-state index >= 15 is 0 Å². The Kier molecular flexibility index (Phi) is 4.71. The second kappa shape index (κ2) is 6.15. The molecule has 112 valence electrons. The fourth-order valence-electron chi connectivity index (χ4n) is 2.87. The van der Waals surface area contributed by atoms with E-state index in [0.29, 0.717) is 0 Å². The van der Waals surface area contributed by atoms with Gasteiger partial charge in [-0.05, 0) is 46.0 Å². The molecular weight excluding hydrogens is 246 g/mol. The first-order chi connectivity index (χ1) is 9.44. The summed E-state index contributed by atoms with van der Waals surface area (Å²) in [4.78, 5) is 5.01. The van der Waals surface area contributed by atoms with Crippen molar-refractivity contribution in [3.63, 3.8) is 0 Å². The van der Waals surface area contributed by atoms with E-state index in [1.807, 2.05) is 0 Å². The van der Waals surface area contributed by atoms with Crippen LogP contribution in [0.4, 0.5) is 5.69 Å². The van der Waals surface area contributed by atoms with Gasteiger partial charge >= 0.3 is 0 Å². The van der Waals surface area contributed by atoms with Crippen LogP contribution in [-0.4, -0.2) is 43.7 Å². The maximum Gasteiger partial charge on any atom is 0.0413 e. The maximum atomic E-state index is 3.46. The summed E-state index contributed by atoms with van der Waals surface area (Å²) in [6.07, 6.45) is 0. The highest BCUT2D eigenvalue weighted by Crippen LogP contribution is 2.28. The minimum Gasteiger partial charge on any atom is -0.368 e. The van der Waals surface area contributed by atoms with Gasteiger partial charge in [-0.15, -0.1) is 0 Å². The summed E-state index contributed by atoms with van der Waals surface area (Å²) in [7, 11) is 2.23. The molecule has 1 aromatic carbocycles. The first-order valence-electron chi connectivity index (χ1n) is 7.70. The van der Waals surface area contributed by atoms with E-state index in [0.717, 1.165) is 32.7 Å². The molecule has 1 N–H and O–H groups in total. The summed E-state index contributed by atoms with van der Waals surface area (Å²) >= 11 is 0. The molecule has 0 unspecified atom stereocenters. The largest absolute Gasteiger partial charge is 0.368 e. The fourth-order valence-corrected chi connectivity index (χ4v) is 2.87. The van der Waals surface area contributed by atoms with Crippen LogP contribution in [0.1, 0.15) is 31.9 Å². The molecule has 0 spiro atoms. The molecule has 0 amide bonds. The lowest BCUT2D eigenvalue weighted by atomic mass is 9.98. The van der Waals surface area contributed by atoms with E-state index in [9.17, 15) is 0 Å². The molecule has 20 heavy (non-hydrogen) atoms. The van der Waals surface area contributed by atoms with Gasteiger partial charge in [0.15, 0.2) is 0 Å². The number of nitrogens with zero attached hydrogens (tertiary/aromatic N) is 2. The number of anilines is 1. The van der Waals surface area contributed by atoms with Crippen molar-refractivity contribution in [3.05, 3.63) is 29.3 Å². The highest BCUT2D eigenvalue weighted by molar-refractivity contribution is 5.55. The number of nitrogens with one attached hydrogen (secondary N) is 1. The van der Waals surface area contributed by atoms with Crippen LogP contribution in [-0.2, 0) is 6.54 Å². The number of hydrogen-bond donors (Lipinski definition) is 1. The van der Waals surface area contributed by atoms with Gasteiger partial charge in [0.25, 0.3) is 0 Å². The zero-order valence-corrected chi connectivity index (χ0v) is 13.7. The molecule has 0 aromatic heterocycles. The lowest BCUT2D eigenvalue weighted by Crippen LogP contribution is -2.57. The highest BCUT2D eigenvalue weighted by Gasteiger charge is 2.31. The van der Waals surface area contributed by atoms with Gasteiger partial charge in [0.05, 0.1) is 0 Å². The first-order valence-corrected chi connectivity index (χ1v) is 7.70. The van der Waals surface area contributed by atoms with Gasteiger partial charge in [-0.3, -0.25) is 4.90 Å². The van der Waals surface area contributed by atoms with Crippen molar-refractivity contribution in [2.45, 2.75) is 39.8 Å². The SMILES string of the molecule is CCNCc1cc(C)ccc1N1CCN(C)C(C)(C)C1. The van der Waals surface area contributed by atoms with Gasteiger partial charge in [0.1, 0.15) is 0 Å². The van der Waals surface area contributed by atoms with E-state index < -0.39 is 0 Å². The number of piperazine rings is 1. The number of benzene rings is 1. The average Bonchev–Trinajstić information content (AvgIpc) is 2.39. The van der Waals surface area contributed by atoms with E-state index in [1.165, 1.54) is 16.8 Å². The normalized spacial score (nSPS) is 19.4. The average molecular weight is 275 g/mol. The number of rotatable bonds is 4. The molecule has 1 saturated heterocycles. The van der Waals surface area contributed by atoms with Crippen LogP contribution < -0.4 is 10.2 Å². The topological polar surface area (TPSA) is 18.5 Å². The first kappa shape index (κ1) is 15.3. The Morgan fingerprint density at radius 1 is 1.25 bits per heavy atom. The van der Waals surface area contributed by atoms with Gasteiger partial charge in [0.2, 0.25) is 0 Å². The molecule has 0 aliphatic carbocycles. The van der Waals surface area contributed by atoms with Gasteiger partial charge in [-0.25, -0.2) is 0 Å². The van der Waals surface area contributed by atoms with Crippen LogP contribution in [0.15, 0.2) is 18.2 Å². The number of aryl methyl sites for hydroxylation is 1. The van der Waals surface area contributed by atoms with Crippen molar-refractivity contribution in [1.29, 1.82) is 0 Å². The molecule has 1 fully saturated rings. The van der Waals surface area contributed by atoms with Crippen LogP contribution in [0.5, 0.6) is 0 Å². The molecule has 3 heteroatoms. The van der Waals surface area contributed by atoms with Crippen molar-refractivity contribution in [1.82, 2.24) is 10.2 Å². The Bertz CT molecular complexity index is 454. The molecule has 0 bridgehead atoms. The van der Waals surface area contributed by atoms with Crippen LogP contribution in [0, 0.1) is 6.92 Å². The zero-order valence-electron chi connectivity index (χ0n) is 13.7. The maximum absolute atomic E-state index is 3.46. The molecule has 1 aliphatic heterocycles. The van der Waals surface area contributed by atoms with Crippen molar-refractivity contribution in [2.75, 3.05) is 38.1 Å². The Hall–Kier alpha value is -1.06. The summed E-state index contributed by atoms with van der Waals surface area (Å²) in [6, 6.07) is 6.85. The second-order valence-corrected chi connectivity index (χ2v) is 6.57. The highest BCUT2D eigenvalue weighted by atomic mass is 15.3. The summed E-state index contributed by atoms with van der Waals surface area (Å²) in [5.74, 6) is 0. The van der Waals surface area contributed by atoms with Crippen LogP contribution >= 0.6 is 0 Å². The molecule has 1 heterocycles. The fraction of sp³-hybridized carbons (Fsp3) is 0.647. The third-order valence-corrected chi connectivity index (χ3v) is 4.46. The summed E-state index contributed by atoms with van der Waals surface area (Å²) in [5.41, 5.74) is 4.40. The quantitative estimate of drug-likeness (QED) is 0.911. The lowest BCUT2D eigenvalue weighted by molar-refractivity contribution is 0.139. The Balaban J connectivity index is 2.23. The zero-order chi connectivity index (χ0) is 14.8. The minimum absolute atomic E-state index is 0.235. The molecule has 1 aromatic rings. The summed E-state index contributed by atoms with van der Waals surface area (Å²) in [6.45, 7) is 14.3. The van der Waals surface area contributed by atoms with Crippen molar-refractivity contribution < 1.29 is 0 Å². The van der Waals surface area contributed by atoms with Gasteiger partial charge in [0, 0.05) is 37.4 Å². The Labute approximate surface area is 124 Å². The predicted octanol–water partition coefficient (Wildman–Crippen LogP) is 2.63. The lowest BCUT2D eigenvalue weighted by Gasteiger charge is -2.46. The van der Waals surface area contributed by atoms with Crippen LogP contribution in [0.2, 0.25) is 0 Å². The van der Waals surface area contributed by atoms with E-state index in [4.69, 9.17) is 0 Å². The Morgan fingerprint density at radius 3 is 2.65 bits per heavy atom. The van der Waals surface area contributed by atoms with Gasteiger partial charge < -0.3 is 10.2 Å². The Morgan fingerprint density at radius 2 is 2.00 bits per heavy atom. The van der Waals surface area contributed by atoms with Gasteiger partial charge in [-0.1, -0.05) is 24.6 Å². The molecule has 0 atom stereocenters. The van der Waals surface area contributed by atoms with Crippen molar-refractivity contribution in [2.24, 2.45) is 0 Å². The molecule has 2 rings (SSSR count).